The van der Waals surface area contributed by atoms with Gasteiger partial charge in [0.2, 0.25) is 5.70 Å². The topological polar surface area (TPSA) is 41.5 Å². The molecule has 68 valence electrons. The van der Waals surface area contributed by atoms with Crippen molar-refractivity contribution in [1.82, 2.24) is 5.32 Å². The molecule has 1 aliphatic heterocycles. The molecular formula is C10H13N2O+. The number of amides is 1. The van der Waals surface area contributed by atoms with E-state index >= 15 is 0 Å². The number of rotatable bonds is 2. The SMILES string of the molecule is C=C1C=NC(C(=O)NCC)=C[C+]1C. The fraction of sp³-hybridized carbons (Fsp3) is 0.300. The van der Waals surface area contributed by atoms with Crippen LogP contribution in [-0.2, 0) is 4.79 Å². The summed E-state index contributed by atoms with van der Waals surface area (Å²) >= 11 is 0. The van der Waals surface area contributed by atoms with Gasteiger partial charge in [0.25, 0.3) is 0 Å². The van der Waals surface area contributed by atoms with Gasteiger partial charge in [0.1, 0.15) is 11.8 Å². The highest BCUT2D eigenvalue weighted by molar-refractivity contribution is 5.99. The second-order valence-electron chi connectivity index (χ2n) is 2.86. The van der Waals surface area contributed by atoms with Crippen LogP contribution in [0.5, 0.6) is 0 Å². The molecule has 3 heteroatoms. The van der Waals surface area contributed by atoms with Gasteiger partial charge in [0, 0.05) is 12.5 Å². The Hall–Kier alpha value is -1.51. The van der Waals surface area contributed by atoms with Crippen LogP contribution in [0.2, 0.25) is 0 Å². The van der Waals surface area contributed by atoms with E-state index in [9.17, 15) is 4.79 Å². The summed E-state index contributed by atoms with van der Waals surface area (Å²) in [4.78, 5) is 15.3. The molecular weight excluding hydrogens is 164 g/mol. The maximum Gasteiger partial charge on any atom is 0.312 e. The predicted molar refractivity (Wildman–Crippen MR) is 53.3 cm³/mol. The van der Waals surface area contributed by atoms with Crippen molar-refractivity contribution in [2.75, 3.05) is 6.54 Å². The number of allylic oxidation sites excluding steroid dienone is 2. The summed E-state index contributed by atoms with van der Waals surface area (Å²) < 4.78 is 0. The Morgan fingerprint density at radius 2 is 2.46 bits per heavy atom. The Bertz CT molecular complexity index is 289. The molecule has 0 aromatic heterocycles. The fourth-order valence-electron chi connectivity index (χ4n) is 0.960. The van der Waals surface area contributed by atoms with Crippen molar-refractivity contribution in [2.24, 2.45) is 4.99 Å². The quantitative estimate of drug-likeness (QED) is 0.633. The molecule has 0 radical (unpaired) electrons. The first-order valence-corrected chi connectivity index (χ1v) is 4.22. The van der Waals surface area contributed by atoms with Crippen molar-refractivity contribution in [3.63, 3.8) is 0 Å². The van der Waals surface area contributed by atoms with Crippen molar-refractivity contribution in [2.45, 2.75) is 13.8 Å². The molecule has 1 rings (SSSR count). The van der Waals surface area contributed by atoms with Gasteiger partial charge in [-0.25, -0.2) is 0 Å². The second kappa shape index (κ2) is 3.94. The van der Waals surface area contributed by atoms with Gasteiger partial charge in [-0.05, 0) is 20.4 Å². The van der Waals surface area contributed by atoms with Crippen LogP contribution >= 0.6 is 0 Å². The molecule has 0 saturated carbocycles. The van der Waals surface area contributed by atoms with E-state index in [1.165, 1.54) is 0 Å². The maximum absolute atomic E-state index is 11.3. The van der Waals surface area contributed by atoms with Gasteiger partial charge in [-0.2, -0.15) is 4.99 Å². The van der Waals surface area contributed by atoms with E-state index in [1.807, 2.05) is 13.8 Å². The molecule has 1 amide bonds. The highest BCUT2D eigenvalue weighted by Gasteiger charge is 2.21. The Balaban J connectivity index is 2.73. The first-order valence-electron chi connectivity index (χ1n) is 4.22. The van der Waals surface area contributed by atoms with Crippen LogP contribution in [0.15, 0.2) is 28.9 Å². The van der Waals surface area contributed by atoms with E-state index in [1.54, 1.807) is 12.3 Å². The van der Waals surface area contributed by atoms with Gasteiger partial charge in [0.05, 0.1) is 6.08 Å². The molecule has 0 fully saturated rings. The van der Waals surface area contributed by atoms with Crippen LogP contribution in [-0.4, -0.2) is 18.7 Å². The van der Waals surface area contributed by atoms with E-state index < -0.39 is 0 Å². The lowest BCUT2D eigenvalue weighted by molar-refractivity contribution is -0.117. The zero-order valence-corrected chi connectivity index (χ0v) is 7.92. The first kappa shape index (κ1) is 9.58. The predicted octanol–water partition coefficient (Wildman–Crippen LogP) is 1.24. The minimum absolute atomic E-state index is 0.134. The van der Waals surface area contributed by atoms with E-state index in [0.29, 0.717) is 12.2 Å². The van der Waals surface area contributed by atoms with Gasteiger partial charge in [-0.1, -0.05) is 0 Å². The fourth-order valence-corrected chi connectivity index (χ4v) is 0.960. The average Bonchev–Trinajstić information content (AvgIpc) is 2.10. The Labute approximate surface area is 78.2 Å². The summed E-state index contributed by atoms with van der Waals surface area (Å²) in [6.07, 6.45) is 3.35. The monoisotopic (exact) mass is 177 g/mol. The molecule has 0 aromatic carbocycles. The maximum atomic E-state index is 11.3. The highest BCUT2D eigenvalue weighted by atomic mass is 16.2. The van der Waals surface area contributed by atoms with Crippen molar-refractivity contribution >= 4 is 12.1 Å². The third-order valence-electron chi connectivity index (χ3n) is 1.79. The summed E-state index contributed by atoms with van der Waals surface area (Å²) in [6, 6.07) is 0. The van der Waals surface area contributed by atoms with Crippen LogP contribution in [0.1, 0.15) is 13.8 Å². The summed E-state index contributed by atoms with van der Waals surface area (Å²) in [7, 11) is 0. The third-order valence-corrected chi connectivity index (χ3v) is 1.79. The number of likely N-dealkylation sites (N-methyl/N-ethyl adjacent to an activating group) is 1. The van der Waals surface area contributed by atoms with Crippen molar-refractivity contribution in [1.29, 1.82) is 0 Å². The van der Waals surface area contributed by atoms with Crippen molar-refractivity contribution in [3.05, 3.63) is 29.8 Å². The van der Waals surface area contributed by atoms with Crippen molar-refractivity contribution in [3.8, 4) is 0 Å². The number of carbonyl (C=O) groups excluding carboxylic acids is 1. The lowest BCUT2D eigenvalue weighted by Gasteiger charge is -2.05. The molecule has 1 heterocycles. The molecule has 0 bridgehead atoms. The van der Waals surface area contributed by atoms with Crippen LogP contribution in [0.3, 0.4) is 0 Å². The molecule has 0 aliphatic carbocycles. The van der Waals surface area contributed by atoms with Gasteiger partial charge in [0.15, 0.2) is 0 Å². The molecule has 0 atom stereocenters. The Kier molecular flexibility index (Phi) is 2.90. The summed E-state index contributed by atoms with van der Waals surface area (Å²) in [5, 5.41) is 2.69. The van der Waals surface area contributed by atoms with Crippen molar-refractivity contribution < 1.29 is 4.79 Å². The van der Waals surface area contributed by atoms with Gasteiger partial charge in [-0.3, -0.25) is 4.79 Å². The van der Waals surface area contributed by atoms with E-state index in [2.05, 4.69) is 16.9 Å². The molecule has 0 spiro atoms. The smallest absolute Gasteiger partial charge is 0.312 e. The van der Waals surface area contributed by atoms with Crippen LogP contribution in [0, 0.1) is 5.92 Å². The number of nitrogens with zero attached hydrogens (tertiary/aromatic N) is 1. The standard InChI is InChI=1S/C10H12N2O/c1-4-11-10(13)9-5-7(2)8(3)6-12-9/h5-6H,3-4H2,1-2H3/p+1. The first-order chi connectivity index (χ1) is 6.15. The minimum Gasteiger partial charge on any atom is -0.343 e. The molecule has 0 unspecified atom stereocenters. The van der Waals surface area contributed by atoms with Gasteiger partial charge in [-0.15, -0.1) is 0 Å². The average molecular weight is 177 g/mol. The Morgan fingerprint density at radius 1 is 1.77 bits per heavy atom. The lowest BCUT2D eigenvalue weighted by Crippen LogP contribution is -2.25. The molecule has 13 heavy (non-hydrogen) atoms. The lowest BCUT2D eigenvalue weighted by atomic mass is 10.00. The van der Waals surface area contributed by atoms with E-state index in [0.717, 1.165) is 11.5 Å². The van der Waals surface area contributed by atoms with Crippen LogP contribution < -0.4 is 5.32 Å². The zero-order valence-electron chi connectivity index (χ0n) is 7.92. The number of hydrogen-bond donors (Lipinski definition) is 1. The van der Waals surface area contributed by atoms with E-state index in [4.69, 9.17) is 0 Å². The normalized spacial score (nSPS) is 15.7. The largest absolute Gasteiger partial charge is 0.343 e. The highest BCUT2D eigenvalue weighted by Crippen LogP contribution is 2.18. The number of nitrogens with one attached hydrogen (secondary N) is 1. The molecule has 0 saturated heterocycles. The number of aliphatic imine (C=N–C) groups is 1. The van der Waals surface area contributed by atoms with Crippen LogP contribution in [0.4, 0.5) is 0 Å². The summed E-state index contributed by atoms with van der Waals surface area (Å²) in [5.41, 5.74) is 1.31. The Morgan fingerprint density at radius 3 is 3.00 bits per heavy atom. The summed E-state index contributed by atoms with van der Waals surface area (Å²) in [6.45, 7) is 8.17. The second-order valence-corrected chi connectivity index (χ2v) is 2.86. The summed E-state index contributed by atoms with van der Waals surface area (Å²) in [5.74, 6) is 0.849. The molecule has 3 nitrogen and oxygen atoms in total. The van der Waals surface area contributed by atoms with E-state index in [-0.39, 0.29) is 5.91 Å². The molecule has 1 N–H and O–H groups in total. The molecule has 1 aliphatic rings. The third kappa shape index (κ3) is 2.21. The number of hydrogen-bond acceptors (Lipinski definition) is 2. The van der Waals surface area contributed by atoms with Crippen LogP contribution in [0.25, 0.3) is 0 Å². The van der Waals surface area contributed by atoms with Gasteiger partial charge < -0.3 is 5.32 Å². The zero-order chi connectivity index (χ0) is 9.84. The minimum atomic E-state index is -0.134. The molecule has 0 aromatic rings. The van der Waals surface area contributed by atoms with Gasteiger partial charge >= 0.3 is 5.91 Å². The number of carbonyl (C=O) groups is 1.